The van der Waals surface area contributed by atoms with Gasteiger partial charge in [0.05, 0.1) is 11.0 Å². The maximum Gasteiger partial charge on any atom is 0.408 e. The molecular formula is C17H23N5O4S. The van der Waals surface area contributed by atoms with Crippen LogP contribution >= 0.6 is 12.2 Å². The van der Waals surface area contributed by atoms with Gasteiger partial charge < -0.3 is 10.1 Å². The van der Waals surface area contributed by atoms with Gasteiger partial charge in [0.15, 0.2) is 0 Å². The van der Waals surface area contributed by atoms with Crippen molar-refractivity contribution >= 4 is 40.0 Å². The summed E-state index contributed by atoms with van der Waals surface area (Å²) in [6, 6.07) is 3.69. The van der Waals surface area contributed by atoms with Gasteiger partial charge in [-0.25, -0.2) is 9.48 Å². The molecule has 0 bridgehead atoms. The molecule has 2 rings (SSSR count). The first-order chi connectivity index (χ1) is 12.5. The highest BCUT2D eigenvalue weighted by molar-refractivity contribution is 7.80. The summed E-state index contributed by atoms with van der Waals surface area (Å²) in [5.41, 5.74) is 0.154. The number of benzene rings is 1. The van der Waals surface area contributed by atoms with Crippen molar-refractivity contribution in [1.82, 2.24) is 20.3 Å². The fourth-order valence-corrected chi connectivity index (χ4v) is 2.76. The molecule has 0 spiro atoms. The summed E-state index contributed by atoms with van der Waals surface area (Å²) in [5, 5.41) is 21.8. The van der Waals surface area contributed by atoms with Crippen molar-refractivity contribution in [3.8, 4) is 0 Å². The molecule has 0 aliphatic rings. The van der Waals surface area contributed by atoms with Crippen LogP contribution in [0.15, 0.2) is 18.2 Å². The van der Waals surface area contributed by atoms with Crippen LogP contribution in [0.3, 0.4) is 0 Å². The van der Waals surface area contributed by atoms with E-state index in [0.29, 0.717) is 17.5 Å². The van der Waals surface area contributed by atoms with Gasteiger partial charge >= 0.3 is 6.09 Å². The number of aromatic nitrogens is 3. The van der Waals surface area contributed by atoms with E-state index in [-0.39, 0.29) is 16.6 Å². The van der Waals surface area contributed by atoms with Gasteiger partial charge in [0.2, 0.25) is 0 Å². The molecule has 9 nitrogen and oxygen atoms in total. The Morgan fingerprint density at radius 1 is 1.41 bits per heavy atom. The van der Waals surface area contributed by atoms with Crippen LogP contribution in [0, 0.1) is 16.0 Å². The van der Waals surface area contributed by atoms with Gasteiger partial charge in [-0.15, -0.1) is 5.10 Å². The van der Waals surface area contributed by atoms with E-state index in [4.69, 9.17) is 17.0 Å². The van der Waals surface area contributed by atoms with Gasteiger partial charge in [-0.05, 0) is 39.2 Å². The number of fused-ring (bicyclic) bond motifs is 1. The number of nitrogens with zero attached hydrogens (tertiary/aromatic N) is 4. The van der Waals surface area contributed by atoms with E-state index in [1.54, 1.807) is 20.8 Å². The molecule has 1 aromatic heterocycles. The Morgan fingerprint density at radius 2 is 2.07 bits per heavy atom. The summed E-state index contributed by atoms with van der Waals surface area (Å²) >= 11 is 5.53. The molecule has 1 heterocycles. The van der Waals surface area contributed by atoms with Crippen molar-refractivity contribution in [2.24, 2.45) is 5.92 Å². The minimum absolute atomic E-state index is 0.0886. The average molecular weight is 393 g/mol. The standard InChI is InChI=1S/C17H23N5O4S/c1-10(2)8-13(18-16(23)26-17(3,4)5)15(27)21-14-9-11(22(24)25)6-7-12(14)19-20-21/h6-7,9-10,13H,8H2,1-5H3,(H,18,23)/t13-/m1/s1. The molecule has 10 heteroatoms. The predicted molar refractivity (Wildman–Crippen MR) is 105 cm³/mol. The lowest BCUT2D eigenvalue weighted by Crippen LogP contribution is -2.45. The molecule has 27 heavy (non-hydrogen) atoms. The minimum atomic E-state index is -0.644. The van der Waals surface area contributed by atoms with Crippen LogP contribution in [0.2, 0.25) is 0 Å². The highest BCUT2D eigenvalue weighted by Gasteiger charge is 2.26. The van der Waals surface area contributed by atoms with E-state index in [9.17, 15) is 14.9 Å². The highest BCUT2D eigenvalue weighted by atomic mass is 32.1. The van der Waals surface area contributed by atoms with Crippen LogP contribution in [0.4, 0.5) is 10.5 Å². The Hall–Kier alpha value is -2.62. The first-order valence-corrected chi connectivity index (χ1v) is 8.92. The third-order valence-corrected chi connectivity index (χ3v) is 4.00. The third-order valence-electron chi connectivity index (χ3n) is 3.54. The number of nitrogens with one attached hydrogen (secondary N) is 1. The second-order valence-electron chi connectivity index (χ2n) is 7.60. The molecule has 1 atom stereocenters. The molecule has 0 saturated heterocycles. The molecule has 0 unspecified atom stereocenters. The van der Waals surface area contributed by atoms with E-state index in [1.807, 2.05) is 13.8 Å². The van der Waals surface area contributed by atoms with Crippen molar-refractivity contribution in [1.29, 1.82) is 0 Å². The molecule has 2 aromatic rings. The normalized spacial score (nSPS) is 12.8. The number of non-ortho nitro benzene ring substituents is 1. The fraction of sp³-hybridized carbons (Fsp3) is 0.529. The highest BCUT2D eigenvalue weighted by Crippen LogP contribution is 2.20. The number of nitro groups is 1. The SMILES string of the molecule is CC(C)C[C@@H](NC(=O)OC(C)(C)C)C(=S)n1nnc2ccc([N+](=O)[O-])cc21. The van der Waals surface area contributed by atoms with Crippen molar-refractivity contribution in [2.75, 3.05) is 0 Å². The average Bonchev–Trinajstić information content (AvgIpc) is 2.94. The second-order valence-corrected chi connectivity index (χ2v) is 8.02. The molecule has 1 N–H and O–H groups in total. The summed E-state index contributed by atoms with van der Waals surface area (Å²) < 4.78 is 6.66. The molecule has 146 valence electrons. The van der Waals surface area contributed by atoms with Crippen LogP contribution in [-0.2, 0) is 4.74 Å². The second kappa shape index (κ2) is 7.95. The van der Waals surface area contributed by atoms with Crippen molar-refractivity contribution < 1.29 is 14.5 Å². The van der Waals surface area contributed by atoms with E-state index in [2.05, 4.69) is 15.6 Å². The number of ether oxygens (including phenoxy) is 1. The number of alkyl carbamates (subject to hydrolysis) is 1. The first-order valence-electron chi connectivity index (χ1n) is 8.51. The largest absolute Gasteiger partial charge is 0.444 e. The van der Waals surface area contributed by atoms with Crippen LogP contribution < -0.4 is 5.32 Å². The van der Waals surface area contributed by atoms with E-state index in [0.717, 1.165) is 0 Å². The lowest BCUT2D eigenvalue weighted by atomic mass is 10.0. The number of rotatable bonds is 5. The molecule has 0 aliphatic carbocycles. The van der Waals surface area contributed by atoms with E-state index < -0.39 is 22.7 Å². The first kappa shape index (κ1) is 20.7. The molecule has 0 saturated carbocycles. The molecular weight excluding hydrogens is 370 g/mol. The summed E-state index contributed by atoms with van der Waals surface area (Å²) in [6.07, 6.45) is -0.0418. The quantitative estimate of drug-likeness (QED) is 0.470. The molecule has 0 radical (unpaired) electrons. The lowest BCUT2D eigenvalue weighted by Gasteiger charge is -2.25. The summed E-state index contributed by atoms with van der Waals surface area (Å²) in [6.45, 7) is 9.30. The maximum absolute atomic E-state index is 12.2. The number of hydrogen-bond acceptors (Lipinski definition) is 7. The van der Waals surface area contributed by atoms with Crippen molar-refractivity contribution in [2.45, 2.75) is 52.7 Å². The zero-order valence-corrected chi connectivity index (χ0v) is 16.7. The van der Waals surface area contributed by atoms with Crippen molar-refractivity contribution in [3.05, 3.63) is 28.3 Å². The number of carbonyl (C=O) groups excluding carboxylic acids is 1. The van der Waals surface area contributed by atoms with Gasteiger partial charge in [0, 0.05) is 12.1 Å². The fourth-order valence-electron chi connectivity index (χ4n) is 2.47. The van der Waals surface area contributed by atoms with Gasteiger partial charge in [0.25, 0.3) is 5.69 Å². The number of carbonyl (C=O) groups is 1. The van der Waals surface area contributed by atoms with Crippen LogP contribution in [0.1, 0.15) is 41.0 Å². The van der Waals surface area contributed by atoms with Gasteiger partial charge in [-0.1, -0.05) is 31.3 Å². The Morgan fingerprint density at radius 3 is 2.63 bits per heavy atom. The number of amides is 1. The topological polar surface area (TPSA) is 112 Å². The zero-order valence-electron chi connectivity index (χ0n) is 15.9. The summed E-state index contributed by atoms with van der Waals surface area (Å²) in [5.74, 6) is 0.229. The van der Waals surface area contributed by atoms with Crippen LogP contribution in [0.25, 0.3) is 11.0 Å². The maximum atomic E-state index is 12.2. The summed E-state index contributed by atoms with van der Waals surface area (Å²) in [4.78, 5) is 23.1. The molecule has 1 amide bonds. The Labute approximate surface area is 162 Å². The number of thiocarbonyl (C=S) groups is 1. The number of nitro benzene ring substituents is 1. The monoisotopic (exact) mass is 393 g/mol. The van der Waals surface area contributed by atoms with Gasteiger partial charge in [-0.3, -0.25) is 10.1 Å². The van der Waals surface area contributed by atoms with E-state index >= 15 is 0 Å². The van der Waals surface area contributed by atoms with Gasteiger partial charge in [0.1, 0.15) is 21.6 Å². The lowest BCUT2D eigenvalue weighted by molar-refractivity contribution is -0.384. The van der Waals surface area contributed by atoms with E-state index in [1.165, 1.54) is 22.9 Å². The van der Waals surface area contributed by atoms with Gasteiger partial charge in [-0.2, -0.15) is 0 Å². The zero-order chi connectivity index (χ0) is 20.4. The molecule has 0 aliphatic heterocycles. The molecule has 1 aromatic carbocycles. The smallest absolute Gasteiger partial charge is 0.408 e. The summed E-state index contributed by atoms with van der Waals surface area (Å²) in [7, 11) is 0. The Bertz CT molecular complexity index is 872. The predicted octanol–water partition coefficient (Wildman–Crippen LogP) is 3.45. The van der Waals surface area contributed by atoms with Crippen LogP contribution in [0.5, 0.6) is 0 Å². The van der Waals surface area contributed by atoms with Crippen LogP contribution in [-0.4, -0.2) is 42.6 Å². The Kier molecular flexibility index (Phi) is 6.09. The van der Waals surface area contributed by atoms with Crippen molar-refractivity contribution in [3.63, 3.8) is 0 Å². The number of hydrogen-bond donors (Lipinski definition) is 1. The Balaban J connectivity index is 2.34. The minimum Gasteiger partial charge on any atom is -0.444 e. The molecule has 0 fully saturated rings. The third kappa shape index (κ3) is 5.43.